The quantitative estimate of drug-likeness (QED) is 0.848. The number of hydrogen-bond donors (Lipinski definition) is 1. The van der Waals surface area contributed by atoms with Gasteiger partial charge in [0, 0.05) is 31.4 Å². The number of fused-ring (bicyclic) bond motifs is 1. The van der Waals surface area contributed by atoms with E-state index in [2.05, 4.69) is 15.4 Å². The summed E-state index contributed by atoms with van der Waals surface area (Å²) in [6, 6.07) is 1.30. The number of nitrogens with zero attached hydrogens (tertiary/aromatic N) is 4. The van der Waals surface area contributed by atoms with Crippen molar-refractivity contribution in [3.8, 4) is 0 Å². The van der Waals surface area contributed by atoms with Crippen molar-refractivity contribution >= 4 is 27.3 Å². The maximum absolute atomic E-state index is 12.2. The van der Waals surface area contributed by atoms with Crippen molar-refractivity contribution in [1.29, 1.82) is 0 Å². The van der Waals surface area contributed by atoms with E-state index < -0.39 is 10.0 Å². The second kappa shape index (κ2) is 6.38. The number of carbonyl (C=O) groups excluding carboxylic acids is 1. The molecule has 1 aliphatic rings. The molecule has 124 valence electrons. The first kappa shape index (κ1) is 16.1. The summed E-state index contributed by atoms with van der Waals surface area (Å²) in [5.41, 5.74) is 0. The predicted octanol–water partition coefficient (Wildman–Crippen LogP) is 0.611. The molecule has 2 aromatic rings. The lowest BCUT2D eigenvalue weighted by Crippen LogP contribution is -2.42. The highest BCUT2D eigenvalue weighted by Gasteiger charge is 2.36. The molecule has 8 nitrogen and oxygen atoms in total. The Balaban J connectivity index is 1.61. The largest absolute Gasteiger partial charge is 0.347 e. The molecule has 1 unspecified atom stereocenters. The molecule has 1 amide bonds. The number of aryl methyl sites for hydroxylation is 1. The molecule has 10 heteroatoms. The summed E-state index contributed by atoms with van der Waals surface area (Å²) in [7, 11) is -1.89. The summed E-state index contributed by atoms with van der Waals surface area (Å²) in [5, 5.41) is 8.65. The Bertz CT molecular complexity index is 784. The average molecular weight is 355 g/mol. The zero-order valence-electron chi connectivity index (χ0n) is 12.5. The topological polar surface area (TPSA) is 97.2 Å². The number of amides is 1. The van der Waals surface area contributed by atoms with Gasteiger partial charge in [-0.1, -0.05) is 0 Å². The van der Waals surface area contributed by atoms with E-state index in [0.29, 0.717) is 29.2 Å². The summed E-state index contributed by atoms with van der Waals surface area (Å²) in [6.07, 6.45) is 4.06. The van der Waals surface area contributed by atoms with Crippen LogP contribution in [0.5, 0.6) is 0 Å². The summed E-state index contributed by atoms with van der Waals surface area (Å²) >= 11 is 1.36. The van der Waals surface area contributed by atoms with Gasteiger partial charge in [-0.2, -0.15) is 9.40 Å². The van der Waals surface area contributed by atoms with Crippen molar-refractivity contribution in [2.75, 3.05) is 13.6 Å². The van der Waals surface area contributed by atoms with Crippen LogP contribution in [0.15, 0.2) is 29.0 Å². The second-order valence-electron chi connectivity index (χ2n) is 5.32. The molecule has 3 heterocycles. The fourth-order valence-electron chi connectivity index (χ4n) is 2.51. The van der Waals surface area contributed by atoms with E-state index in [-0.39, 0.29) is 18.5 Å². The highest BCUT2D eigenvalue weighted by molar-refractivity contribution is 7.89. The third kappa shape index (κ3) is 3.28. The van der Waals surface area contributed by atoms with Gasteiger partial charge >= 0.3 is 0 Å². The molecule has 0 bridgehead atoms. The molecule has 2 aromatic heterocycles. The maximum atomic E-state index is 12.2. The summed E-state index contributed by atoms with van der Waals surface area (Å²) in [6.45, 7) is 0.876. The van der Waals surface area contributed by atoms with Gasteiger partial charge in [-0.25, -0.2) is 13.4 Å². The van der Waals surface area contributed by atoms with Crippen LogP contribution >= 0.6 is 11.3 Å². The SMILES string of the molecule is CN1CC(NC(=O)CCCn2cncn2)c2sccc2S1(=O)=O. The Hall–Kier alpha value is -1.78. The fourth-order valence-corrected chi connectivity index (χ4v) is 5.21. The van der Waals surface area contributed by atoms with Crippen LogP contribution in [0.3, 0.4) is 0 Å². The lowest BCUT2D eigenvalue weighted by Gasteiger charge is -2.29. The Morgan fingerprint density at radius 2 is 2.35 bits per heavy atom. The minimum absolute atomic E-state index is 0.0952. The van der Waals surface area contributed by atoms with E-state index in [1.165, 1.54) is 29.0 Å². The zero-order valence-corrected chi connectivity index (χ0v) is 14.2. The number of likely N-dealkylation sites (N-methyl/N-ethyl adjacent to an activating group) is 1. The van der Waals surface area contributed by atoms with Crippen molar-refractivity contribution in [3.05, 3.63) is 29.0 Å². The van der Waals surface area contributed by atoms with E-state index in [4.69, 9.17) is 0 Å². The summed E-state index contributed by atoms with van der Waals surface area (Å²) < 4.78 is 27.4. The van der Waals surface area contributed by atoms with Gasteiger partial charge in [0.25, 0.3) is 0 Å². The number of thiophene rings is 1. The van der Waals surface area contributed by atoms with Crippen LogP contribution in [-0.4, -0.2) is 47.0 Å². The van der Waals surface area contributed by atoms with Gasteiger partial charge in [-0.15, -0.1) is 11.3 Å². The highest BCUT2D eigenvalue weighted by atomic mass is 32.2. The van der Waals surface area contributed by atoms with E-state index in [1.807, 2.05) is 0 Å². The molecule has 0 aromatic carbocycles. The van der Waals surface area contributed by atoms with Gasteiger partial charge in [-0.3, -0.25) is 9.48 Å². The molecular formula is C13H17N5O3S2. The first-order valence-corrected chi connectivity index (χ1v) is 9.46. The lowest BCUT2D eigenvalue weighted by atomic mass is 10.2. The van der Waals surface area contributed by atoms with Crippen LogP contribution in [0.2, 0.25) is 0 Å². The van der Waals surface area contributed by atoms with Crippen molar-refractivity contribution < 1.29 is 13.2 Å². The molecular weight excluding hydrogens is 338 g/mol. The van der Waals surface area contributed by atoms with Crippen molar-refractivity contribution in [2.24, 2.45) is 0 Å². The zero-order chi connectivity index (χ0) is 16.4. The molecule has 0 saturated carbocycles. The molecule has 1 atom stereocenters. The smallest absolute Gasteiger partial charge is 0.244 e. The third-order valence-electron chi connectivity index (χ3n) is 3.69. The Labute approximate surface area is 138 Å². The van der Waals surface area contributed by atoms with Crippen molar-refractivity contribution in [2.45, 2.75) is 30.3 Å². The van der Waals surface area contributed by atoms with Gasteiger partial charge in [-0.05, 0) is 17.9 Å². The van der Waals surface area contributed by atoms with E-state index in [9.17, 15) is 13.2 Å². The normalized spacial score (nSPS) is 20.1. The van der Waals surface area contributed by atoms with Gasteiger partial charge < -0.3 is 5.32 Å². The molecule has 0 aliphatic carbocycles. The molecule has 3 rings (SSSR count). The van der Waals surface area contributed by atoms with E-state index >= 15 is 0 Å². The second-order valence-corrected chi connectivity index (χ2v) is 8.28. The Morgan fingerprint density at radius 3 is 3.09 bits per heavy atom. The molecule has 0 radical (unpaired) electrons. The van der Waals surface area contributed by atoms with E-state index in [0.717, 1.165) is 0 Å². The number of hydrogen-bond acceptors (Lipinski definition) is 6. The van der Waals surface area contributed by atoms with Crippen LogP contribution < -0.4 is 5.32 Å². The van der Waals surface area contributed by atoms with Crippen molar-refractivity contribution in [1.82, 2.24) is 24.4 Å². The third-order valence-corrected chi connectivity index (χ3v) is 6.74. The number of sulfonamides is 1. The minimum atomic E-state index is -3.42. The number of nitrogens with one attached hydrogen (secondary N) is 1. The number of carbonyl (C=O) groups is 1. The van der Waals surface area contributed by atoms with Crippen molar-refractivity contribution in [3.63, 3.8) is 0 Å². The number of aromatic nitrogens is 3. The first-order chi connectivity index (χ1) is 11.0. The summed E-state index contributed by atoms with van der Waals surface area (Å²) in [4.78, 5) is 17.0. The average Bonchev–Trinajstić information content (AvgIpc) is 3.16. The summed E-state index contributed by atoms with van der Waals surface area (Å²) in [5.74, 6) is -0.0952. The molecule has 23 heavy (non-hydrogen) atoms. The lowest BCUT2D eigenvalue weighted by molar-refractivity contribution is -0.122. The standard InChI is InChI=1S/C13H17N5O3S2/c1-17-7-10(13-11(4-6-22-13)23(17,20)21)16-12(19)3-2-5-18-9-14-8-15-18/h4,6,8-10H,2-3,5,7H2,1H3,(H,16,19). The Kier molecular flexibility index (Phi) is 4.46. The molecule has 0 spiro atoms. The number of rotatable bonds is 5. The minimum Gasteiger partial charge on any atom is -0.347 e. The van der Waals surface area contributed by atoms with Gasteiger partial charge in [0.1, 0.15) is 12.7 Å². The van der Waals surface area contributed by atoms with Crippen LogP contribution in [0.1, 0.15) is 23.8 Å². The van der Waals surface area contributed by atoms with Crippen LogP contribution in [0.25, 0.3) is 0 Å². The predicted molar refractivity (Wildman–Crippen MR) is 84.3 cm³/mol. The van der Waals surface area contributed by atoms with Crippen LogP contribution in [0, 0.1) is 0 Å². The fraction of sp³-hybridized carbons (Fsp3) is 0.462. The van der Waals surface area contributed by atoms with Gasteiger partial charge in [0.05, 0.1) is 10.9 Å². The van der Waals surface area contributed by atoms with Crippen LogP contribution in [-0.2, 0) is 21.4 Å². The molecule has 0 saturated heterocycles. The maximum Gasteiger partial charge on any atom is 0.244 e. The Morgan fingerprint density at radius 1 is 1.52 bits per heavy atom. The van der Waals surface area contributed by atoms with Gasteiger partial charge in [0.15, 0.2) is 0 Å². The highest BCUT2D eigenvalue weighted by Crippen LogP contribution is 2.35. The van der Waals surface area contributed by atoms with Gasteiger partial charge in [0.2, 0.25) is 15.9 Å². The first-order valence-electron chi connectivity index (χ1n) is 7.14. The molecule has 1 N–H and O–H groups in total. The molecule has 0 fully saturated rings. The van der Waals surface area contributed by atoms with Crippen LogP contribution in [0.4, 0.5) is 0 Å². The van der Waals surface area contributed by atoms with E-state index in [1.54, 1.807) is 22.5 Å². The molecule has 1 aliphatic heterocycles. The monoisotopic (exact) mass is 355 g/mol.